The van der Waals surface area contributed by atoms with Crippen LogP contribution in [0.2, 0.25) is 0 Å². The third-order valence-electron chi connectivity index (χ3n) is 6.29. The van der Waals surface area contributed by atoms with E-state index in [1.807, 2.05) is 0 Å². The summed E-state index contributed by atoms with van der Waals surface area (Å²) in [5.41, 5.74) is -0.134. The Labute approximate surface area is 138 Å². The smallest absolute Gasteiger partial charge is 0.0753 e. The van der Waals surface area contributed by atoms with Gasteiger partial charge in [0.1, 0.15) is 0 Å². The summed E-state index contributed by atoms with van der Waals surface area (Å²) in [6.45, 7) is 4.52. The maximum atomic E-state index is 9.63. The van der Waals surface area contributed by atoms with Crippen LogP contribution in [0.15, 0.2) is 12.2 Å². The van der Waals surface area contributed by atoms with Crippen LogP contribution in [0, 0.1) is 34.5 Å². The zero-order valence-electron chi connectivity index (χ0n) is 14.8. The van der Waals surface area contributed by atoms with E-state index in [4.69, 9.17) is 0 Å². The van der Waals surface area contributed by atoms with Gasteiger partial charge in [0.25, 0.3) is 0 Å². The van der Waals surface area contributed by atoms with Gasteiger partial charge in [-0.05, 0) is 62.7 Å². The van der Waals surface area contributed by atoms with Crippen molar-refractivity contribution >= 4 is 0 Å². The molecule has 0 aliphatic heterocycles. The van der Waals surface area contributed by atoms with Crippen molar-refractivity contribution in [3.8, 4) is 6.07 Å². The number of hydrogen-bond donors (Lipinski definition) is 0. The molecule has 22 heavy (non-hydrogen) atoms. The Morgan fingerprint density at radius 2 is 1.59 bits per heavy atom. The SMILES string of the molecule is CCCC=CC1(C#N)CCC(C2CCC(CCC)CC2)CC1. The van der Waals surface area contributed by atoms with Crippen molar-refractivity contribution in [2.24, 2.45) is 23.2 Å². The first kappa shape index (κ1) is 17.6. The van der Waals surface area contributed by atoms with E-state index in [9.17, 15) is 5.26 Å². The minimum atomic E-state index is -0.134. The molecule has 0 bridgehead atoms. The molecule has 0 heterocycles. The molecular formula is C21H35N. The van der Waals surface area contributed by atoms with Gasteiger partial charge in [-0.2, -0.15) is 5.26 Å². The van der Waals surface area contributed by atoms with Crippen molar-refractivity contribution in [3.05, 3.63) is 12.2 Å². The first-order valence-electron chi connectivity index (χ1n) is 9.82. The van der Waals surface area contributed by atoms with Crippen LogP contribution in [0.5, 0.6) is 0 Å². The van der Waals surface area contributed by atoms with Gasteiger partial charge >= 0.3 is 0 Å². The van der Waals surface area contributed by atoms with Crippen molar-refractivity contribution in [2.45, 2.75) is 90.9 Å². The maximum Gasteiger partial charge on any atom is 0.0753 e. The van der Waals surface area contributed by atoms with Gasteiger partial charge < -0.3 is 0 Å². The highest BCUT2D eigenvalue weighted by atomic mass is 14.4. The largest absolute Gasteiger partial charge is 0.197 e. The van der Waals surface area contributed by atoms with Crippen LogP contribution in [0.4, 0.5) is 0 Å². The van der Waals surface area contributed by atoms with Crippen LogP contribution in [-0.4, -0.2) is 0 Å². The van der Waals surface area contributed by atoms with Crippen molar-refractivity contribution in [3.63, 3.8) is 0 Å². The fourth-order valence-electron chi connectivity index (χ4n) is 4.77. The van der Waals surface area contributed by atoms with E-state index in [2.05, 4.69) is 32.1 Å². The summed E-state index contributed by atoms with van der Waals surface area (Å²) in [6.07, 6.45) is 20.2. The second-order valence-electron chi connectivity index (χ2n) is 7.87. The minimum Gasteiger partial charge on any atom is -0.197 e. The Hall–Kier alpha value is -0.770. The number of unbranched alkanes of at least 4 members (excludes halogenated alkanes) is 1. The molecule has 0 aromatic carbocycles. The maximum absolute atomic E-state index is 9.63. The number of allylic oxidation sites excluding steroid dienone is 2. The lowest BCUT2D eigenvalue weighted by atomic mass is 9.64. The van der Waals surface area contributed by atoms with E-state index < -0.39 is 0 Å². The van der Waals surface area contributed by atoms with Gasteiger partial charge in [-0.25, -0.2) is 0 Å². The van der Waals surface area contributed by atoms with E-state index in [0.29, 0.717) is 0 Å². The topological polar surface area (TPSA) is 23.8 Å². The number of rotatable bonds is 6. The quantitative estimate of drug-likeness (QED) is 0.504. The normalized spacial score (nSPS) is 36.3. The van der Waals surface area contributed by atoms with E-state index >= 15 is 0 Å². The van der Waals surface area contributed by atoms with Crippen LogP contribution in [-0.2, 0) is 0 Å². The van der Waals surface area contributed by atoms with Gasteiger partial charge in [0.05, 0.1) is 11.5 Å². The summed E-state index contributed by atoms with van der Waals surface area (Å²) in [6, 6.07) is 2.64. The number of nitriles is 1. The molecule has 0 radical (unpaired) electrons. The highest BCUT2D eigenvalue weighted by Gasteiger charge is 2.36. The molecule has 2 rings (SSSR count). The van der Waals surface area contributed by atoms with Crippen molar-refractivity contribution in [2.75, 3.05) is 0 Å². The van der Waals surface area contributed by atoms with Crippen molar-refractivity contribution in [1.29, 1.82) is 5.26 Å². The Morgan fingerprint density at radius 1 is 0.955 bits per heavy atom. The summed E-state index contributed by atoms with van der Waals surface area (Å²) in [5, 5.41) is 9.63. The molecule has 2 fully saturated rings. The van der Waals surface area contributed by atoms with Gasteiger partial charge in [0, 0.05) is 0 Å². The lowest BCUT2D eigenvalue weighted by Gasteiger charge is -2.39. The first-order valence-corrected chi connectivity index (χ1v) is 9.82. The molecule has 0 saturated heterocycles. The summed E-state index contributed by atoms with van der Waals surface area (Å²) >= 11 is 0. The van der Waals surface area contributed by atoms with Gasteiger partial charge in [-0.3, -0.25) is 0 Å². The number of nitrogens with zero attached hydrogens (tertiary/aromatic N) is 1. The molecule has 1 nitrogen and oxygen atoms in total. The molecule has 2 saturated carbocycles. The molecule has 124 valence electrons. The standard InChI is InChI=1S/C21H35N/c1-3-5-6-14-21(17-22)15-12-20(13-16-21)19-10-8-18(7-4-2)9-11-19/h6,14,18-20H,3-5,7-13,15-16H2,1-2H3. The molecule has 0 spiro atoms. The molecule has 1 heteroatoms. The highest BCUT2D eigenvalue weighted by Crippen LogP contribution is 2.46. The van der Waals surface area contributed by atoms with Crippen LogP contribution < -0.4 is 0 Å². The van der Waals surface area contributed by atoms with Gasteiger partial charge in [0.2, 0.25) is 0 Å². The summed E-state index contributed by atoms with van der Waals surface area (Å²) < 4.78 is 0. The van der Waals surface area contributed by atoms with Crippen LogP contribution in [0.3, 0.4) is 0 Å². The fourth-order valence-corrected chi connectivity index (χ4v) is 4.77. The zero-order chi connectivity index (χ0) is 15.8. The Bertz CT molecular complexity index is 373. The molecule has 0 aromatic rings. The number of hydrogen-bond acceptors (Lipinski definition) is 1. The zero-order valence-corrected chi connectivity index (χ0v) is 14.8. The Morgan fingerprint density at radius 3 is 2.14 bits per heavy atom. The van der Waals surface area contributed by atoms with Crippen LogP contribution in [0.1, 0.15) is 90.9 Å². The first-order chi connectivity index (χ1) is 10.7. The second-order valence-corrected chi connectivity index (χ2v) is 7.87. The average Bonchev–Trinajstić information content (AvgIpc) is 2.57. The average molecular weight is 302 g/mol. The molecule has 0 N–H and O–H groups in total. The third-order valence-corrected chi connectivity index (χ3v) is 6.29. The van der Waals surface area contributed by atoms with Gasteiger partial charge in [-0.15, -0.1) is 0 Å². The lowest BCUT2D eigenvalue weighted by Crippen LogP contribution is -2.30. The van der Waals surface area contributed by atoms with Crippen molar-refractivity contribution in [1.82, 2.24) is 0 Å². The Balaban J connectivity index is 1.80. The van der Waals surface area contributed by atoms with Gasteiger partial charge in [-0.1, -0.05) is 58.1 Å². The summed E-state index contributed by atoms with van der Waals surface area (Å²) in [5.74, 6) is 2.88. The van der Waals surface area contributed by atoms with Crippen LogP contribution >= 0.6 is 0 Å². The molecule has 0 atom stereocenters. The van der Waals surface area contributed by atoms with E-state index in [0.717, 1.165) is 37.0 Å². The summed E-state index contributed by atoms with van der Waals surface area (Å²) in [7, 11) is 0. The Kier molecular flexibility index (Phi) is 7.00. The lowest BCUT2D eigenvalue weighted by molar-refractivity contribution is 0.137. The van der Waals surface area contributed by atoms with E-state index in [1.54, 1.807) is 0 Å². The van der Waals surface area contributed by atoms with E-state index in [-0.39, 0.29) is 5.41 Å². The second kappa shape index (κ2) is 8.76. The molecule has 0 aromatic heterocycles. The monoisotopic (exact) mass is 301 g/mol. The molecule has 0 amide bonds. The molecule has 2 aliphatic rings. The predicted octanol–water partition coefficient (Wildman–Crippen LogP) is 6.65. The molecule has 2 aliphatic carbocycles. The summed E-state index contributed by atoms with van der Waals surface area (Å²) in [4.78, 5) is 0. The van der Waals surface area contributed by atoms with E-state index in [1.165, 1.54) is 57.8 Å². The fraction of sp³-hybridized carbons (Fsp3) is 0.857. The van der Waals surface area contributed by atoms with Crippen LogP contribution in [0.25, 0.3) is 0 Å². The highest BCUT2D eigenvalue weighted by molar-refractivity contribution is 5.14. The third kappa shape index (κ3) is 4.61. The predicted molar refractivity (Wildman–Crippen MR) is 94.4 cm³/mol. The molecular weight excluding hydrogens is 266 g/mol. The molecule has 0 unspecified atom stereocenters. The minimum absolute atomic E-state index is 0.134. The van der Waals surface area contributed by atoms with Gasteiger partial charge in [0.15, 0.2) is 0 Å². The van der Waals surface area contributed by atoms with Crippen molar-refractivity contribution < 1.29 is 0 Å².